The maximum Gasteiger partial charge on any atom is 0.407 e. The van der Waals surface area contributed by atoms with Crippen molar-refractivity contribution in [3.05, 3.63) is 77.4 Å². The van der Waals surface area contributed by atoms with Gasteiger partial charge in [-0.1, -0.05) is 61.9 Å². The van der Waals surface area contributed by atoms with Gasteiger partial charge in [0.25, 0.3) is 5.91 Å². The predicted octanol–water partition coefficient (Wildman–Crippen LogP) is 6.01. The summed E-state index contributed by atoms with van der Waals surface area (Å²) < 4.78 is 11.3. The van der Waals surface area contributed by atoms with E-state index in [1.54, 1.807) is 6.07 Å². The molecule has 2 N–H and O–H groups in total. The molecule has 5 rings (SSSR count). The third kappa shape index (κ3) is 5.18. The number of hydrogen-bond acceptors (Lipinski definition) is 4. The van der Waals surface area contributed by atoms with Crippen molar-refractivity contribution < 1.29 is 19.1 Å². The van der Waals surface area contributed by atoms with Gasteiger partial charge in [0.1, 0.15) is 12.4 Å². The first-order valence-corrected chi connectivity index (χ1v) is 12.9. The Balaban J connectivity index is 1.25. The Morgan fingerprint density at radius 3 is 2.47 bits per heavy atom. The van der Waals surface area contributed by atoms with Gasteiger partial charge in [-0.3, -0.25) is 4.79 Å². The first kappa shape index (κ1) is 24.2. The molecule has 2 fully saturated rings. The Kier molecular flexibility index (Phi) is 6.61. The van der Waals surface area contributed by atoms with Gasteiger partial charge >= 0.3 is 6.09 Å². The minimum atomic E-state index is -0.392. The van der Waals surface area contributed by atoms with Crippen molar-refractivity contribution in [1.82, 2.24) is 10.6 Å². The Hall–Kier alpha value is -3.54. The number of carbonyl (C=O) groups is 2. The molecule has 0 aliphatic heterocycles. The molecule has 0 heterocycles. The van der Waals surface area contributed by atoms with Crippen molar-refractivity contribution in [2.75, 3.05) is 13.2 Å². The summed E-state index contributed by atoms with van der Waals surface area (Å²) in [6.45, 7) is 4.77. The van der Waals surface area contributed by atoms with Gasteiger partial charge in [0.15, 0.2) is 0 Å². The molecular formula is C30H34N2O4. The van der Waals surface area contributed by atoms with Crippen LogP contribution in [0.5, 0.6) is 5.75 Å². The van der Waals surface area contributed by atoms with Crippen LogP contribution in [-0.2, 0) is 10.3 Å². The Bertz CT molecular complexity index is 1270. The summed E-state index contributed by atoms with van der Waals surface area (Å²) in [5.41, 5.74) is 1.96. The van der Waals surface area contributed by atoms with Crippen LogP contribution >= 0.6 is 0 Å². The lowest BCUT2D eigenvalue weighted by Crippen LogP contribution is -2.41. The van der Waals surface area contributed by atoms with Crippen molar-refractivity contribution in [3.8, 4) is 5.75 Å². The number of alkyl carbamates (subject to hydrolysis) is 1. The summed E-state index contributed by atoms with van der Waals surface area (Å²) in [5, 5.41) is 8.64. The Morgan fingerprint density at radius 2 is 1.72 bits per heavy atom. The second-order valence-electron chi connectivity index (χ2n) is 10.2. The molecule has 2 aliphatic rings. The summed E-state index contributed by atoms with van der Waals surface area (Å²) in [6, 6.07) is 20.2. The summed E-state index contributed by atoms with van der Waals surface area (Å²) in [4.78, 5) is 25.5. The average molecular weight is 487 g/mol. The zero-order valence-corrected chi connectivity index (χ0v) is 21.1. The smallest absolute Gasteiger partial charge is 0.407 e. The van der Waals surface area contributed by atoms with Gasteiger partial charge in [0, 0.05) is 5.56 Å². The molecule has 0 spiro atoms. The van der Waals surface area contributed by atoms with Crippen LogP contribution in [0.25, 0.3) is 10.8 Å². The largest absolute Gasteiger partial charge is 0.491 e. The van der Waals surface area contributed by atoms with Crippen molar-refractivity contribution in [2.45, 2.75) is 63.5 Å². The van der Waals surface area contributed by atoms with Gasteiger partial charge in [0.2, 0.25) is 0 Å². The zero-order chi connectivity index (χ0) is 25.2. The monoisotopic (exact) mass is 486 g/mol. The highest BCUT2D eigenvalue weighted by molar-refractivity contribution is 5.97. The molecule has 0 atom stereocenters. The highest BCUT2D eigenvalue weighted by Gasteiger charge is 2.47. The van der Waals surface area contributed by atoms with E-state index in [2.05, 4.69) is 47.9 Å². The van der Waals surface area contributed by atoms with E-state index in [1.807, 2.05) is 31.2 Å². The highest BCUT2D eigenvalue weighted by atomic mass is 16.5. The molecule has 6 heteroatoms. The first-order chi connectivity index (χ1) is 17.4. The van der Waals surface area contributed by atoms with Gasteiger partial charge in [0.05, 0.1) is 17.7 Å². The average Bonchev–Trinajstić information content (AvgIpc) is 3.81. The molecule has 6 nitrogen and oxygen atoms in total. The van der Waals surface area contributed by atoms with Crippen LogP contribution in [0.3, 0.4) is 0 Å². The molecule has 3 aromatic rings. The topological polar surface area (TPSA) is 76.7 Å². The van der Waals surface area contributed by atoms with Gasteiger partial charge in [-0.05, 0) is 73.1 Å². The Labute approximate surface area is 212 Å². The normalized spacial score (nSPS) is 16.7. The van der Waals surface area contributed by atoms with Crippen molar-refractivity contribution in [2.24, 2.45) is 0 Å². The molecule has 2 amide bonds. The van der Waals surface area contributed by atoms with Crippen LogP contribution in [0.2, 0.25) is 0 Å². The van der Waals surface area contributed by atoms with E-state index in [1.165, 1.54) is 16.3 Å². The van der Waals surface area contributed by atoms with Crippen molar-refractivity contribution >= 4 is 22.8 Å². The van der Waals surface area contributed by atoms with Gasteiger partial charge in [-0.15, -0.1) is 0 Å². The second-order valence-corrected chi connectivity index (χ2v) is 10.2. The lowest BCUT2D eigenvalue weighted by atomic mass is 9.96. The van der Waals surface area contributed by atoms with Gasteiger partial charge < -0.3 is 20.1 Å². The van der Waals surface area contributed by atoms with Crippen LogP contribution in [0, 0.1) is 6.92 Å². The molecule has 0 unspecified atom stereocenters. The maximum atomic E-state index is 13.4. The fraction of sp³-hybridized carbons (Fsp3) is 0.400. The molecule has 0 aromatic heterocycles. The third-order valence-corrected chi connectivity index (χ3v) is 7.33. The standard InChI is InChI=1S/C30H34N2O4/c1-3-4-18-35-28(34)32-29(14-15-29)20-36-23-13-12-21(2)25(19-23)27(33)31-30(16-17-30)26-11-7-9-22-8-5-6-10-24(22)26/h5-13,19H,3-4,14-18,20H2,1-2H3,(H,31,33)(H,32,34). The van der Waals surface area contributed by atoms with Crippen LogP contribution in [0.15, 0.2) is 60.7 Å². The fourth-order valence-electron chi connectivity index (χ4n) is 4.69. The lowest BCUT2D eigenvalue weighted by Gasteiger charge is -2.21. The molecule has 2 aliphatic carbocycles. The molecule has 2 saturated carbocycles. The van der Waals surface area contributed by atoms with E-state index >= 15 is 0 Å². The van der Waals surface area contributed by atoms with Crippen LogP contribution < -0.4 is 15.4 Å². The molecular weight excluding hydrogens is 452 g/mol. The quantitative estimate of drug-likeness (QED) is 0.344. The molecule has 3 aromatic carbocycles. The van der Waals surface area contributed by atoms with Crippen molar-refractivity contribution in [1.29, 1.82) is 0 Å². The first-order valence-electron chi connectivity index (χ1n) is 12.9. The van der Waals surface area contributed by atoms with Crippen LogP contribution in [0.1, 0.15) is 66.9 Å². The number of amides is 2. The number of hydrogen-bond donors (Lipinski definition) is 2. The predicted molar refractivity (Wildman–Crippen MR) is 140 cm³/mol. The molecule has 0 bridgehead atoms. The van der Waals surface area contributed by atoms with Crippen LogP contribution in [-0.4, -0.2) is 30.8 Å². The number of ether oxygens (including phenoxy) is 2. The highest BCUT2D eigenvalue weighted by Crippen LogP contribution is 2.48. The van der Waals surface area contributed by atoms with E-state index in [-0.39, 0.29) is 17.0 Å². The number of benzene rings is 3. The fourth-order valence-corrected chi connectivity index (χ4v) is 4.69. The lowest BCUT2D eigenvalue weighted by molar-refractivity contribution is 0.0930. The number of nitrogens with one attached hydrogen (secondary N) is 2. The second kappa shape index (κ2) is 9.84. The minimum Gasteiger partial charge on any atom is -0.491 e. The van der Waals surface area contributed by atoms with E-state index < -0.39 is 6.09 Å². The number of unbranched alkanes of at least 4 members (excludes halogenated alkanes) is 1. The maximum absolute atomic E-state index is 13.4. The molecule has 0 saturated heterocycles. The van der Waals surface area contributed by atoms with E-state index in [0.29, 0.717) is 24.5 Å². The molecule has 0 radical (unpaired) electrons. The van der Waals surface area contributed by atoms with Crippen molar-refractivity contribution in [3.63, 3.8) is 0 Å². The number of carbonyl (C=O) groups excluding carboxylic acids is 2. The van der Waals surface area contributed by atoms with Gasteiger partial charge in [-0.25, -0.2) is 4.79 Å². The molecule has 36 heavy (non-hydrogen) atoms. The number of fused-ring (bicyclic) bond motifs is 1. The van der Waals surface area contributed by atoms with E-state index in [4.69, 9.17) is 9.47 Å². The number of aryl methyl sites for hydroxylation is 1. The summed E-state index contributed by atoms with van der Waals surface area (Å²) in [5.74, 6) is 0.523. The Morgan fingerprint density at radius 1 is 0.944 bits per heavy atom. The van der Waals surface area contributed by atoms with E-state index in [0.717, 1.165) is 44.1 Å². The third-order valence-electron chi connectivity index (χ3n) is 7.33. The van der Waals surface area contributed by atoms with Crippen LogP contribution in [0.4, 0.5) is 4.79 Å². The van der Waals surface area contributed by atoms with E-state index in [9.17, 15) is 9.59 Å². The summed E-state index contributed by atoms with van der Waals surface area (Å²) in [6.07, 6.45) is 4.98. The molecule has 188 valence electrons. The zero-order valence-electron chi connectivity index (χ0n) is 21.1. The number of rotatable bonds is 10. The summed E-state index contributed by atoms with van der Waals surface area (Å²) >= 11 is 0. The summed E-state index contributed by atoms with van der Waals surface area (Å²) in [7, 11) is 0. The SMILES string of the molecule is CCCCOC(=O)NC1(COc2ccc(C)c(C(=O)NC3(c4cccc5ccccc45)CC3)c2)CC1. The minimum absolute atomic E-state index is 0.0952. The van der Waals surface area contributed by atoms with Gasteiger partial charge in [-0.2, -0.15) is 0 Å².